The maximum atomic E-state index is 12.4. The van der Waals surface area contributed by atoms with Crippen molar-refractivity contribution in [2.45, 2.75) is 63.9 Å². The van der Waals surface area contributed by atoms with Crippen molar-refractivity contribution in [1.82, 2.24) is 16.0 Å². The molecule has 0 aliphatic heterocycles. The molecule has 0 aliphatic carbocycles. The molecule has 0 aromatic heterocycles. The summed E-state index contributed by atoms with van der Waals surface area (Å²) in [5.41, 5.74) is 5.76. The Hall–Kier alpha value is -2.77. The first-order chi connectivity index (χ1) is 13.8. The number of carbonyl (C=O) groups is 5. The molecule has 0 radical (unpaired) electrons. The predicted octanol–water partition coefficient (Wildman–Crippen LogP) is -3.25. The van der Waals surface area contributed by atoms with Crippen LogP contribution in [0.5, 0.6) is 0 Å². The van der Waals surface area contributed by atoms with E-state index in [9.17, 15) is 34.2 Å². The van der Waals surface area contributed by atoms with Gasteiger partial charge < -0.3 is 42.1 Å². The molecule has 9 N–H and O–H groups in total. The zero-order valence-electron chi connectivity index (χ0n) is 17.0. The zero-order chi connectivity index (χ0) is 23.6. The van der Waals surface area contributed by atoms with Crippen LogP contribution in [0.1, 0.15) is 33.6 Å². The number of nitrogens with one attached hydrogen (secondary N) is 3. The van der Waals surface area contributed by atoms with Gasteiger partial charge in [0, 0.05) is 0 Å². The van der Waals surface area contributed by atoms with Gasteiger partial charge in [-0.3, -0.25) is 19.2 Å². The molecule has 0 rings (SSSR count). The van der Waals surface area contributed by atoms with Crippen molar-refractivity contribution in [3.05, 3.63) is 0 Å². The van der Waals surface area contributed by atoms with Gasteiger partial charge in [0.25, 0.3) is 0 Å². The lowest BCUT2D eigenvalue weighted by Gasteiger charge is -2.25. The topological polar surface area (TPSA) is 228 Å². The molecule has 0 saturated carbocycles. The number of carbonyl (C=O) groups excluding carboxylic acids is 3. The number of amides is 3. The molecule has 0 spiro atoms. The van der Waals surface area contributed by atoms with Gasteiger partial charge in [0.1, 0.15) is 12.1 Å². The van der Waals surface area contributed by atoms with E-state index in [2.05, 4.69) is 5.32 Å². The average molecular weight is 434 g/mol. The number of hydrogen-bond donors (Lipinski definition) is 8. The highest BCUT2D eigenvalue weighted by atomic mass is 16.4. The lowest BCUT2D eigenvalue weighted by Crippen LogP contribution is -2.59. The summed E-state index contributed by atoms with van der Waals surface area (Å²) in [5.74, 6) is -6.20. The van der Waals surface area contributed by atoms with Crippen molar-refractivity contribution < 1.29 is 44.4 Å². The number of aliphatic carboxylic acids is 2. The Morgan fingerprint density at radius 1 is 0.900 bits per heavy atom. The summed E-state index contributed by atoms with van der Waals surface area (Å²) in [7, 11) is 0. The predicted molar refractivity (Wildman–Crippen MR) is 102 cm³/mol. The highest BCUT2D eigenvalue weighted by molar-refractivity contribution is 5.95. The summed E-state index contributed by atoms with van der Waals surface area (Å²) in [6, 6.07) is -5.96. The summed E-state index contributed by atoms with van der Waals surface area (Å²) in [6.45, 7) is 3.65. The molecule has 0 aromatic carbocycles. The van der Waals surface area contributed by atoms with Crippen LogP contribution in [-0.4, -0.2) is 87.0 Å². The average Bonchev–Trinajstić information content (AvgIpc) is 2.66. The minimum atomic E-state index is -1.70. The van der Waals surface area contributed by atoms with E-state index in [1.54, 1.807) is 13.8 Å². The van der Waals surface area contributed by atoms with E-state index in [1.807, 2.05) is 10.6 Å². The second-order valence-corrected chi connectivity index (χ2v) is 6.88. The molecule has 3 amide bonds. The number of carboxylic acids is 2. The smallest absolute Gasteiger partial charge is 0.328 e. The van der Waals surface area contributed by atoms with Gasteiger partial charge in [0.05, 0.1) is 25.2 Å². The van der Waals surface area contributed by atoms with Crippen LogP contribution >= 0.6 is 0 Å². The van der Waals surface area contributed by atoms with Gasteiger partial charge in [0.2, 0.25) is 17.7 Å². The van der Waals surface area contributed by atoms with Crippen LogP contribution in [0.4, 0.5) is 0 Å². The Bertz CT molecular complexity index is 641. The first kappa shape index (κ1) is 27.2. The summed E-state index contributed by atoms with van der Waals surface area (Å²) < 4.78 is 0. The molecule has 6 unspecified atom stereocenters. The Labute approximate surface area is 173 Å². The van der Waals surface area contributed by atoms with E-state index in [0.29, 0.717) is 6.42 Å². The lowest BCUT2D eigenvalue weighted by atomic mass is 9.99. The number of nitrogens with two attached hydrogens (primary N) is 1. The summed E-state index contributed by atoms with van der Waals surface area (Å²) in [4.78, 5) is 58.9. The normalized spacial score (nSPS) is 16.9. The van der Waals surface area contributed by atoms with Crippen LogP contribution in [0.2, 0.25) is 0 Å². The Balaban J connectivity index is 5.30. The van der Waals surface area contributed by atoms with Crippen molar-refractivity contribution in [3.8, 4) is 0 Å². The largest absolute Gasteiger partial charge is 0.481 e. The van der Waals surface area contributed by atoms with Crippen LogP contribution in [0.15, 0.2) is 0 Å². The second kappa shape index (κ2) is 12.7. The third-order valence-electron chi connectivity index (χ3n) is 4.43. The standard InChI is InChI=1S/C17H30N4O9/c1-4-7(2)12(18)16(28)19-9(5-11(24)25)14(26)20-10(6-22)15(27)21-13(8(3)23)17(29)30/h7-10,12-13,22-23H,4-6,18H2,1-3H3,(H,19,28)(H,20,26)(H,21,27)(H,24,25)(H,29,30). The minimum absolute atomic E-state index is 0.247. The van der Waals surface area contributed by atoms with Gasteiger partial charge in [-0.15, -0.1) is 0 Å². The van der Waals surface area contributed by atoms with E-state index < -0.39 is 73.0 Å². The molecule has 13 nitrogen and oxygen atoms in total. The van der Waals surface area contributed by atoms with Crippen LogP contribution in [0.25, 0.3) is 0 Å². The number of hydrogen-bond acceptors (Lipinski definition) is 8. The monoisotopic (exact) mass is 434 g/mol. The number of rotatable bonds is 13. The van der Waals surface area contributed by atoms with Crippen molar-refractivity contribution in [2.75, 3.05) is 6.61 Å². The summed E-state index contributed by atoms with van der Waals surface area (Å²) >= 11 is 0. The Morgan fingerprint density at radius 3 is 1.80 bits per heavy atom. The molecule has 0 fully saturated rings. The molecule has 172 valence electrons. The van der Waals surface area contributed by atoms with E-state index in [1.165, 1.54) is 0 Å². The Morgan fingerprint density at radius 2 is 1.40 bits per heavy atom. The molecule has 13 heteroatoms. The van der Waals surface area contributed by atoms with Gasteiger partial charge in [0.15, 0.2) is 6.04 Å². The number of carboxylic acid groups (broad SMARTS) is 2. The number of aliphatic hydroxyl groups excluding tert-OH is 2. The molecule has 0 saturated heterocycles. The van der Waals surface area contributed by atoms with Crippen LogP contribution < -0.4 is 21.7 Å². The van der Waals surface area contributed by atoms with E-state index in [4.69, 9.17) is 15.9 Å². The minimum Gasteiger partial charge on any atom is -0.481 e. The quantitative estimate of drug-likeness (QED) is 0.144. The summed E-state index contributed by atoms with van der Waals surface area (Å²) in [5, 5.41) is 42.9. The van der Waals surface area contributed by atoms with Crippen molar-refractivity contribution >= 4 is 29.7 Å². The molecule has 0 aromatic rings. The number of aliphatic hydroxyl groups is 2. The molecule has 0 aliphatic rings. The van der Waals surface area contributed by atoms with Gasteiger partial charge in [-0.1, -0.05) is 20.3 Å². The van der Waals surface area contributed by atoms with Crippen molar-refractivity contribution in [1.29, 1.82) is 0 Å². The molecule has 0 bridgehead atoms. The summed E-state index contributed by atoms with van der Waals surface area (Å²) in [6.07, 6.45) is -1.73. The maximum Gasteiger partial charge on any atom is 0.328 e. The van der Waals surface area contributed by atoms with Crippen molar-refractivity contribution in [2.24, 2.45) is 11.7 Å². The molecule has 30 heavy (non-hydrogen) atoms. The SMILES string of the molecule is CCC(C)C(N)C(=O)NC(CC(=O)O)C(=O)NC(CO)C(=O)NC(C(=O)O)C(C)O. The highest BCUT2D eigenvalue weighted by Gasteiger charge is 2.32. The first-order valence-electron chi connectivity index (χ1n) is 9.25. The van der Waals surface area contributed by atoms with Crippen LogP contribution in [0.3, 0.4) is 0 Å². The fourth-order valence-electron chi connectivity index (χ4n) is 2.27. The molecular formula is C17H30N4O9. The second-order valence-electron chi connectivity index (χ2n) is 6.88. The first-order valence-corrected chi connectivity index (χ1v) is 9.25. The van der Waals surface area contributed by atoms with Gasteiger partial charge in [-0.05, 0) is 12.8 Å². The van der Waals surface area contributed by atoms with Gasteiger partial charge >= 0.3 is 11.9 Å². The van der Waals surface area contributed by atoms with E-state index in [0.717, 1.165) is 6.92 Å². The molecular weight excluding hydrogens is 404 g/mol. The molecule has 0 heterocycles. The molecule has 6 atom stereocenters. The van der Waals surface area contributed by atoms with Gasteiger partial charge in [-0.2, -0.15) is 0 Å². The van der Waals surface area contributed by atoms with E-state index in [-0.39, 0.29) is 5.92 Å². The zero-order valence-corrected chi connectivity index (χ0v) is 17.0. The van der Waals surface area contributed by atoms with Crippen LogP contribution in [-0.2, 0) is 24.0 Å². The van der Waals surface area contributed by atoms with Gasteiger partial charge in [-0.25, -0.2) is 4.79 Å². The third kappa shape index (κ3) is 8.71. The fourth-order valence-corrected chi connectivity index (χ4v) is 2.27. The maximum absolute atomic E-state index is 12.4. The van der Waals surface area contributed by atoms with Crippen molar-refractivity contribution in [3.63, 3.8) is 0 Å². The fraction of sp³-hybridized carbons (Fsp3) is 0.706. The van der Waals surface area contributed by atoms with E-state index >= 15 is 0 Å². The van der Waals surface area contributed by atoms with Crippen LogP contribution in [0, 0.1) is 5.92 Å². The Kier molecular flexibility index (Phi) is 11.5. The highest BCUT2D eigenvalue weighted by Crippen LogP contribution is 2.06. The third-order valence-corrected chi connectivity index (χ3v) is 4.43. The lowest BCUT2D eigenvalue weighted by molar-refractivity contribution is -0.146.